The van der Waals surface area contributed by atoms with Crippen molar-refractivity contribution in [3.8, 4) is 0 Å². The number of nitrogens with zero attached hydrogens (tertiary/aromatic N) is 3. The Morgan fingerprint density at radius 3 is 2.80 bits per heavy atom. The fourth-order valence-electron chi connectivity index (χ4n) is 1.69. The van der Waals surface area contributed by atoms with Gasteiger partial charge in [-0.3, -0.25) is 14.8 Å². The van der Waals surface area contributed by atoms with Crippen molar-refractivity contribution in [3.63, 3.8) is 0 Å². The Kier molecular flexibility index (Phi) is 4.60. The fourth-order valence-corrected chi connectivity index (χ4v) is 1.69. The van der Waals surface area contributed by atoms with Crippen LogP contribution in [0.1, 0.15) is 29.4 Å². The van der Waals surface area contributed by atoms with Crippen LogP contribution in [-0.4, -0.2) is 27.4 Å². The van der Waals surface area contributed by atoms with Crippen molar-refractivity contribution < 1.29 is 4.79 Å². The first kappa shape index (κ1) is 13.9. The lowest BCUT2D eigenvalue weighted by molar-refractivity contribution is 0.102. The standard InChI is InChI=1S/C14H17N5O/c1-3-4-16-12-7-10(2)18-8-11(12)14(20)19-13-9-15-5-6-17-13/h5-9H,3-4H2,1-2H3,(H,16,18)(H,17,19,20). The van der Waals surface area contributed by atoms with Crippen LogP contribution >= 0.6 is 0 Å². The van der Waals surface area contributed by atoms with Gasteiger partial charge >= 0.3 is 0 Å². The van der Waals surface area contributed by atoms with Gasteiger partial charge in [0.25, 0.3) is 5.91 Å². The zero-order valence-electron chi connectivity index (χ0n) is 11.6. The number of carbonyl (C=O) groups is 1. The minimum atomic E-state index is -0.253. The molecule has 0 fully saturated rings. The molecule has 0 aliphatic rings. The van der Waals surface area contributed by atoms with Crippen LogP contribution in [0.2, 0.25) is 0 Å². The lowest BCUT2D eigenvalue weighted by Crippen LogP contribution is -2.16. The summed E-state index contributed by atoms with van der Waals surface area (Å²) >= 11 is 0. The summed E-state index contributed by atoms with van der Waals surface area (Å²) in [5.41, 5.74) is 2.13. The molecule has 0 spiro atoms. The van der Waals surface area contributed by atoms with Gasteiger partial charge in [-0.2, -0.15) is 0 Å². The normalized spacial score (nSPS) is 10.1. The first-order valence-electron chi connectivity index (χ1n) is 6.48. The molecule has 0 aliphatic carbocycles. The number of hydrogen-bond donors (Lipinski definition) is 2. The zero-order valence-corrected chi connectivity index (χ0v) is 11.6. The van der Waals surface area contributed by atoms with Crippen molar-refractivity contribution in [3.05, 3.63) is 42.1 Å². The van der Waals surface area contributed by atoms with Crippen molar-refractivity contribution >= 4 is 17.4 Å². The van der Waals surface area contributed by atoms with E-state index in [1.165, 1.54) is 12.4 Å². The molecule has 6 heteroatoms. The van der Waals surface area contributed by atoms with Gasteiger partial charge < -0.3 is 10.6 Å². The number of aryl methyl sites for hydroxylation is 1. The summed E-state index contributed by atoms with van der Waals surface area (Å²) in [6, 6.07) is 1.86. The number of hydrogen-bond acceptors (Lipinski definition) is 5. The van der Waals surface area contributed by atoms with Gasteiger partial charge in [0.2, 0.25) is 0 Å². The summed E-state index contributed by atoms with van der Waals surface area (Å²) in [6.07, 6.45) is 7.13. The molecule has 20 heavy (non-hydrogen) atoms. The highest BCUT2D eigenvalue weighted by Gasteiger charge is 2.13. The summed E-state index contributed by atoms with van der Waals surface area (Å²) in [5.74, 6) is 0.163. The highest BCUT2D eigenvalue weighted by atomic mass is 16.1. The number of pyridine rings is 1. The highest BCUT2D eigenvalue weighted by Crippen LogP contribution is 2.17. The quantitative estimate of drug-likeness (QED) is 0.872. The Hall–Kier alpha value is -2.50. The number of aromatic nitrogens is 3. The lowest BCUT2D eigenvalue weighted by Gasteiger charge is -2.11. The number of amides is 1. The molecule has 2 N–H and O–H groups in total. The minimum Gasteiger partial charge on any atom is -0.384 e. The summed E-state index contributed by atoms with van der Waals surface area (Å²) < 4.78 is 0. The van der Waals surface area contributed by atoms with Crippen LogP contribution in [0.5, 0.6) is 0 Å². The topological polar surface area (TPSA) is 79.8 Å². The van der Waals surface area contributed by atoms with Gasteiger partial charge in [0, 0.05) is 30.8 Å². The Morgan fingerprint density at radius 1 is 1.25 bits per heavy atom. The molecule has 2 heterocycles. The van der Waals surface area contributed by atoms with Gasteiger partial charge in [-0.1, -0.05) is 6.92 Å². The summed E-state index contributed by atoms with van der Waals surface area (Å²) in [6.45, 7) is 4.76. The van der Waals surface area contributed by atoms with Crippen molar-refractivity contribution in [2.24, 2.45) is 0 Å². The lowest BCUT2D eigenvalue weighted by atomic mass is 10.2. The van der Waals surface area contributed by atoms with Crippen molar-refractivity contribution in [1.82, 2.24) is 15.0 Å². The summed E-state index contributed by atoms with van der Waals surface area (Å²) in [5, 5.41) is 5.94. The molecule has 2 rings (SSSR count). The molecule has 0 saturated carbocycles. The van der Waals surface area contributed by atoms with E-state index in [1.807, 2.05) is 13.0 Å². The van der Waals surface area contributed by atoms with E-state index in [0.717, 1.165) is 24.3 Å². The van der Waals surface area contributed by atoms with Gasteiger partial charge in [0.15, 0.2) is 5.82 Å². The smallest absolute Gasteiger partial charge is 0.260 e. The van der Waals surface area contributed by atoms with Crippen LogP contribution in [0.25, 0.3) is 0 Å². The van der Waals surface area contributed by atoms with Gasteiger partial charge in [0.1, 0.15) is 0 Å². The summed E-state index contributed by atoms with van der Waals surface area (Å²) in [4.78, 5) is 24.4. The molecule has 0 unspecified atom stereocenters. The molecular weight excluding hydrogens is 254 g/mol. The van der Waals surface area contributed by atoms with E-state index in [2.05, 4.69) is 32.5 Å². The molecule has 0 radical (unpaired) electrons. The van der Waals surface area contributed by atoms with E-state index in [1.54, 1.807) is 12.4 Å². The Morgan fingerprint density at radius 2 is 2.10 bits per heavy atom. The van der Waals surface area contributed by atoms with Crippen LogP contribution in [0.3, 0.4) is 0 Å². The highest BCUT2D eigenvalue weighted by molar-refractivity contribution is 6.07. The molecule has 0 atom stereocenters. The second-order valence-electron chi connectivity index (χ2n) is 4.34. The minimum absolute atomic E-state index is 0.253. The first-order valence-corrected chi connectivity index (χ1v) is 6.48. The summed E-state index contributed by atoms with van der Waals surface area (Å²) in [7, 11) is 0. The molecule has 6 nitrogen and oxygen atoms in total. The van der Waals surface area contributed by atoms with E-state index in [9.17, 15) is 4.79 Å². The number of anilines is 2. The van der Waals surface area contributed by atoms with Crippen LogP contribution in [-0.2, 0) is 0 Å². The molecule has 0 bridgehead atoms. The average Bonchev–Trinajstić information content (AvgIpc) is 2.46. The predicted molar refractivity (Wildman–Crippen MR) is 77.7 cm³/mol. The van der Waals surface area contributed by atoms with E-state index in [0.29, 0.717) is 11.4 Å². The maximum atomic E-state index is 12.3. The predicted octanol–water partition coefficient (Wildman–Crippen LogP) is 2.25. The van der Waals surface area contributed by atoms with Crippen LogP contribution in [0, 0.1) is 6.92 Å². The fraction of sp³-hybridized carbons (Fsp3) is 0.286. The number of rotatable bonds is 5. The molecule has 0 saturated heterocycles. The van der Waals surface area contributed by atoms with Gasteiger partial charge in [-0.15, -0.1) is 0 Å². The maximum absolute atomic E-state index is 12.3. The maximum Gasteiger partial charge on any atom is 0.260 e. The second kappa shape index (κ2) is 6.60. The Labute approximate surface area is 117 Å². The van der Waals surface area contributed by atoms with E-state index >= 15 is 0 Å². The van der Waals surface area contributed by atoms with Crippen LogP contribution in [0.4, 0.5) is 11.5 Å². The molecular formula is C14H17N5O. The largest absolute Gasteiger partial charge is 0.384 e. The van der Waals surface area contributed by atoms with Crippen LogP contribution in [0.15, 0.2) is 30.9 Å². The SMILES string of the molecule is CCCNc1cc(C)ncc1C(=O)Nc1cnccn1. The third-order valence-corrected chi connectivity index (χ3v) is 2.66. The molecule has 2 aromatic rings. The van der Waals surface area contributed by atoms with Gasteiger partial charge in [-0.05, 0) is 19.4 Å². The van der Waals surface area contributed by atoms with E-state index in [-0.39, 0.29) is 5.91 Å². The molecule has 1 amide bonds. The van der Waals surface area contributed by atoms with Gasteiger partial charge in [0.05, 0.1) is 17.4 Å². The van der Waals surface area contributed by atoms with Gasteiger partial charge in [-0.25, -0.2) is 4.98 Å². The Balaban J connectivity index is 2.20. The van der Waals surface area contributed by atoms with E-state index < -0.39 is 0 Å². The average molecular weight is 271 g/mol. The third kappa shape index (κ3) is 3.50. The van der Waals surface area contributed by atoms with Crippen molar-refractivity contribution in [2.45, 2.75) is 20.3 Å². The third-order valence-electron chi connectivity index (χ3n) is 2.66. The number of nitrogens with one attached hydrogen (secondary N) is 2. The van der Waals surface area contributed by atoms with Crippen LogP contribution < -0.4 is 10.6 Å². The van der Waals surface area contributed by atoms with Crippen molar-refractivity contribution in [2.75, 3.05) is 17.2 Å². The molecule has 104 valence electrons. The van der Waals surface area contributed by atoms with E-state index in [4.69, 9.17) is 0 Å². The molecule has 0 aliphatic heterocycles. The molecule has 2 aromatic heterocycles. The Bertz CT molecular complexity index is 585. The second-order valence-corrected chi connectivity index (χ2v) is 4.34. The zero-order chi connectivity index (χ0) is 14.4. The molecule has 0 aromatic carbocycles. The monoisotopic (exact) mass is 271 g/mol. The number of carbonyl (C=O) groups excluding carboxylic acids is 1. The first-order chi connectivity index (χ1) is 9.70. The van der Waals surface area contributed by atoms with Crippen molar-refractivity contribution in [1.29, 1.82) is 0 Å².